The minimum Gasteiger partial charge on any atom is -0.503 e. The SMILES string of the molecule is NC(c1cc(F)c(O)c(F)c1)C1CC1. The maximum atomic E-state index is 12.9. The van der Waals surface area contributed by atoms with Gasteiger partial charge in [-0.05, 0) is 36.5 Å². The molecule has 0 aromatic heterocycles. The van der Waals surface area contributed by atoms with E-state index in [1.165, 1.54) is 0 Å². The molecule has 0 aliphatic heterocycles. The Morgan fingerprint density at radius 3 is 2.21 bits per heavy atom. The summed E-state index contributed by atoms with van der Waals surface area (Å²) in [5.74, 6) is -2.50. The number of aromatic hydroxyl groups is 1. The van der Waals surface area contributed by atoms with Crippen LogP contribution in [0, 0.1) is 17.6 Å². The van der Waals surface area contributed by atoms with Crippen LogP contribution in [0.5, 0.6) is 5.75 Å². The predicted molar refractivity (Wildman–Crippen MR) is 47.7 cm³/mol. The number of hydrogen-bond donors (Lipinski definition) is 2. The van der Waals surface area contributed by atoms with Crippen molar-refractivity contribution in [3.63, 3.8) is 0 Å². The largest absolute Gasteiger partial charge is 0.503 e. The number of phenolic OH excluding ortho intramolecular Hbond substituents is 1. The first kappa shape index (κ1) is 9.40. The van der Waals surface area contributed by atoms with Crippen LogP contribution in [0.4, 0.5) is 8.78 Å². The van der Waals surface area contributed by atoms with Crippen molar-refractivity contribution in [3.05, 3.63) is 29.3 Å². The fraction of sp³-hybridized carbons (Fsp3) is 0.400. The molecule has 1 fully saturated rings. The average Bonchev–Trinajstić information content (AvgIpc) is 2.95. The van der Waals surface area contributed by atoms with Crippen LogP contribution in [0.1, 0.15) is 24.4 Å². The van der Waals surface area contributed by atoms with Crippen molar-refractivity contribution in [2.45, 2.75) is 18.9 Å². The number of benzene rings is 1. The topological polar surface area (TPSA) is 46.2 Å². The minimum absolute atomic E-state index is 0.320. The van der Waals surface area contributed by atoms with E-state index in [4.69, 9.17) is 10.8 Å². The van der Waals surface area contributed by atoms with Crippen LogP contribution in [-0.2, 0) is 0 Å². The summed E-state index contributed by atoms with van der Waals surface area (Å²) in [6.45, 7) is 0. The average molecular weight is 199 g/mol. The zero-order valence-electron chi connectivity index (χ0n) is 7.50. The lowest BCUT2D eigenvalue weighted by atomic mass is 10.0. The normalized spacial score (nSPS) is 18.2. The lowest BCUT2D eigenvalue weighted by Crippen LogP contribution is -2.12. The number of phenols is 1. The Hall–Kier alpha value is -1.16. The molecule has 14 heavy (non-hydrogen) atoms. The quantitative estimate of drug-likeness (QED) is 0.766. The molecule has 76 valence electrons. The fourth-order valence-corrected chi connectivity index (χ4v) is 1.51. The van der Waals surface area contributed by atoms with Gasteiger partial charge in [0, 0.05) is 6.04 Å². The van der Waals surface area contributed by atoms with E-state index in [9.17, 15) is 8.78 Å². The summed E-state index contributed by atoms with van der Waals surface area (Å²) in [4.78, 5) is 0. The zero-order valence-corrected chi connectivity index (χ0v) is 7.50. The standard InChI is InChI=1S/C10H11F2NO/c11-7-3-6(4-8(12)10(7)14)9(13)5-1-2-5/h3-5,9,14H,1-2,13H2. The van der Waals surface area contributed by atoms with E-state index in [0.29, 0.717) is 11.5 Å². The second-order valence-corrected chi connectivity index (χ2v) is 3.70. The van der Waals surface area contributed by atoms with Gasteiger partial charge in [-0.15, -0.1) is 0 Å². The molecule has 0 spiro atoms. The van der Waals surface area contributed by atoms with Crippen molar-refractivity contribution in [1.82, 2.24) is 0 Å². The molecule has 0 radical (unpaired) electrons. The first-order valence-corrected chi connectivity index (χ1v) is 4.53. The van der Waals surface area contributed by atoms with Crippen LogP contribution >= 0.6 is 0 Å². The number of hydrogen-bond acceptors (Lipinski definition) is 2. The van der Waals surface area contributed by atoms with E-state index in [0.717, 1.165) is 25.0 Å². The summed E-state index contributed by atoms with van der Waals surface area (Å²) in [6, 6.07) is 1.88. The van der Waals surface area contributed by atoms with Gasteiger partial charge >= 0.3 is 0 Å². The molecule has 1 unspecified atom stereocenters. The van der Waals surface area contributed by atoms with E-state index in [1.807, 2.05) is 0 Å². The van der Waals surface area contributed by atoms with Gasteiger partial charge in [-0.3, -0.25) is 0 Å². The van der Waals surface area contributed by atoms with Gasteiger partial charge in [0.25, 0.3) is 0 Å². The molecule has 1 aliphatic carbocycles. The third-order valence-corrected chi connectivity index (χ3v) is 2.55. The molecule has 1 aromatic rings. The second-order valence-electron chi connectivity index (χ2n) is 3.70. The van der Waals surface area contributed by atoms with Gasteiger partial charge in [0.2, 0.25) is 0 Å². The molecule has 1 aliphatic rings. The van der Waals surface area contributed by atoms with E-state index < -0.39 is 17.4 Å². The Bertz CT molecular complexity index is 340. The van der Waals surface area contributed by atoms with Crippen molar-refractivity contribution < 1.29 is 13.9 Å². The summed E-state index contributed by atoms with van der Waals surface area (Å²) in [6.07, 6.45) is 2.01. The number of rotatable bonds is 2. The van der Waals surface area contributed by atoms with Gasteiger partial charge in [-0.1, -0.05) is 0 Å². The van der Waals surface area contributed by atoms with Gasteiger partial charge in [-0.25, -0.2) is 8.78 Å². The monoisotopic (exact) mass is 199 g/mol. The zero-order chi connectivity index (χ0) is 10.3. The second kappa shape index (κ2) is 3.20. The molecule has 2 nitrogen and oxygen atoms in total. The molecule has 0 heterocycles. The first-order valence-electron chi connectivity index (χ1n) is 4.53. The highest BCUT2D eigenvalue weighted by Gasteiger charge is 2.30. The van der Waals surface area contributed by atoms with E-state index in [2.05, 4.69) is 0 Å². The molecule has 0 saturated heterocycles. The van der Waals surface area contributed by atoms with Gasteiger partial charge in [0.05, 0.1) is 0 Å². The third kappa shape index (κ3) is 1.57. The Balaban J connectivity index is 2.34. The highest BCUT2D eigenvalue weighted by atomic mass is 19.1. The first-order chi connectivity index (χ1) is 6.59. The van der Waals surface area contributed by atoms with E-state index in [1.54, 1.807) is 0 Å². The summed E-state index contributed by atoms with van der Waals surface area (Å²) < 4.78 is 25.9. The summed E-state index contributed by atoms with van der Waals surface area (Å²) in [5.41, 5.74) is 6.19. The van der Waals surface area contributed by atoms with Crippen molar-refractivity contribution >= 4 is 0 Å². The predicted octanol–water partition coefficient (Wildman–Crippen LogP) is 2.08. The summed E-state index contributed by atoms with van der Waals surface area (Å²) in [7, 11) is 0. The molecule has 0 bridgehead atoms. The maximum absolute atomic E-state index is 12.9. The van der Waals surface area contributed by atoms with Gasteiger partial charge in [0.15, 0.2) is 17.4 Å². The van der Waals surface area contributed by atoms with Crippen LogP contribution in [-0.4, -0.2) is 5.11 Å². The molecular formula is C10H11F2NO. The molecule has 1 aromatic carbocycles. The van der Waals surface area contributed by atoms with Crippen molar-refractivity contribution in [3.8, 4) is 5.75 Å². The minimum atomic E-state index is -0.948. The Kier molecular flexibility index (Phi) is 2.15. The molecule has 4 heteroatoms. The third-order valence-electron chi connectivity index (χ3n) is 2.55. The van der Waals surface area contributed by atoms with Crippen molar-refractivity contribution in [1.29, 1.82) is 0 Å². The Morgan fingerprint density at radius 1 is 1.29 bits per heavy atom. The molecule has 1 saturated carbocycles. The van der Waals surface area contributed by atoms with Crippen LogP contribution in [0.2, 0.25) is 0 Å². The van der Waals surface area contributed by atoms with Gasteiger partial charge in [-0.2, -0.15) is 0 Å². The van der Waals surface area contributed by atoms with Gasteiger partial charge in [0.1, 0.15) is 0 Å². The fourth-order valence-electron chi connectivity index (χ4n) is 1.51. The van der Waals surface area contributed by atoms with Crippen molar-refractivity contribution in [2.24, 2.45) is 11.7 Å². The van der Waals surface area contributed by atoms with Crippen LogP contribution in [0.25, 0.3) is 0 Å². The highest BCUT2D eigenvalue weighted by molar-refractivity contribution is 5.32. The summed E-state index contributed by atoms with van der Waals surface area (Å²) >= 11 is 0. The molecule has 2 rings (SSSR count). The summed E-state index contributed by atoms with van der Waals surface area (Å²) in [5, 5.41) is 8.88. The maximum Gasteiger partial charge on any atom is 0.187 e. The van der Waals surface area contributed by atoms with Crippen LogP contribution < -0.4 is 5.73 Å². The van der Waals surface area contributed by atoms with Crippen LogP contribution in [0.3, 0.4) is 0 Å². The molecule has 0 amide bonds. The Labute approximate surface area is 80.4 Å². The Morgan fingerprint density at radius 2 is 1.79 bits per heavy atom. The highest BCUT2D eigenvalue weighted by Crippen LogP contribution is 2.40. The molecular weight excluding hydrogens is 188 g/mol. The number of nitrogens with two attached hydrogens (primary N) is 1. The van der Waals surface area contributed by atoms with Gasteiger partial charge < -0.3 is 10.8 Å². The molecule has 3 N–H and O–H groups in total. The lowest BCUT2D eigenvalue weighted by Gasteiger charge is -2.11. The smallest absolute Gasteiger partial charge is 0.187 e. The van der Waals surface area contributed by atoms with E-state index >= 15 is 0 Å². The van der Waals surface area contributed by atoms with Crippen LogP contribution in [0.15, 0.2) is 12.1 Å². The molecule has 1 atom stereocenters. The lowest BCUT2D eigenvalue weighted by molar-refractivity contribution is 0.394. The van der Waals surface area contributed by atoms with E-state index in [-0.39, 0.29) is 6.04 Å². The number of halogens is 2. The van der Waals surface area contributed by atoms with Crippen molar-refractivity contribution in [2.75, 3.05) is 0 Å².